The molecule has 0 spiro atoms. The van der Waals surface area contributed by atoms with Crippen molar-refractivity contribution in [3.8, 4) is 0 Å². The second kappa shape index (κ2) is 7.64. The molecule has 0 aliphatic rings. The minimum absolute atomic E-state index is 0.234. The molecule has 0 saturated heterocycles. The van der Waals surface area contributed by atoms with Gasteiger partial charge in [0.25, 0.3) is 11.8 Å². The Kier molecular flexibility index (Phi) is 5.12. The van der Waals surface area contributed by atoms with Crippen LogP contribution in [0.25, 0.3) is 11.0 Å². The first kappa shape index (κ1) is 17.4. The average Bonchev–Trinajstić information content (AvgIpc) is 2.66. The zero-order valence-corrected chi connectivity index (χ0v) is 14.5. The number of hydrogen-bond acceptors (Lipinski definition) is 6. The molecule has 3 aromatic rings. The molecular weight excluding hydrogens is 332 g/mol. The zero-order valence-electron chi connectivity index (χ0n) is 14.5. The fourth-order valence-electron chi connectivity index (χ4n) is 2.33. The molecule has 0 radical (unpaired) electrons. The Hall–Kier alpha value is -3.42. The molecule has 8 nitrogen and oxygen atoms in total. The Labute approximate surface area is 150 Å². The van der Waals surface area contributed by atoms with E-state index >= 15 is 0 Å². The highest BCUT2D eigenvalue weighted by atomic mass is 16.2. The van der Waals surface area contributed by atoms with E-state index in [2.05, 4.69) is 30.6 Å². The maximum Gasteiger partial charge on any atom is 0.271 e. The summed E-state index contributed by atoms with van der Waals surface area (Å²) >= 11 is 0. The minimum Gasteiger partial charge on any atom is -0.350 e. The van der Waals surface area contributed by atoms with Crippen LogP contribution < -0.4 is 10.6 Å². The lowest BCUT2D eigenvalue weighted by atomic mass is 10.1. The lowest BCUT2D eigenvalue weighted by Crippen LogP contribution is -2.35. The van der Waals surface area contributed by atoms with E-state index in [9.17, 15) is 9.59 Å². The lowest BCUT2D eigenvalue weighted by Gasteiger charge is -2.08. The van der Waals surface area contributed by atoms with Crippen molar-refractivity contribution in [2.24, 2.45) is 0 Å². The van der Waals surface area contributed by atoms with Gasteiger partial charge in [0.15, 0.2) is 0 Å². The predicted octanol–water partition coefficient (Wildman–Crippen LogP) is 1.20. The first-order valence-electron chi connectivity index (χ1n) is 8.12. The molecule has 0 aliphatic heterocycles. The summed E-state index contributed by atoms with van der Waals surface area (Å²) in [4.78, 5) is 40.7. The van der Waals surface area contributed by atoms with Crippen LogP contribution in [-0.4, -0.2) is 44.8 Å². The number of aromatic nitrogens is 4. The van der Waals surface area contributed by atoms with E-state index in [0.29, 0.717) is 17.6 Å². The first-order chi connectivity index (χ1) is 12.5. The highest BCUT2D eigenvalue weighted by molar-refractivity contribution is 5.97. The molecule has 0 unspecified atom stereocenters. The second-order valence-electron chi connectivity index (χ2n) is 5.70. The van der Waals surface area contributed by atoms with Crippen molar-refractivity contribution in [2.75, 3.05) is 13.1 Å². The van der Waals surface area contributed by atoms with Gasteiger partial charge in [0, 0.05) is 31.0 Å². The van der Waals surface area contributed by atoms with E-state index in [0.717, 1.165) is 16.9 Å². The number of benzene rings is 1. The molecule has 0 saturated carbocycles. The number of amides is 2. The number of rotatable bonds is 5. The summed E-state index contributed by atoms with van der Waals surface area (Å²) in [5.74, 6) is -0.570. The van der Waals surface area contributed by atoms with Gasteiger partial charge in [-0.2, -0.15) is 0 Å². The van der Waals surface area contributed by atoms with Crippen LogP contribution in [0.3, 0.4) is 0 Å². The third-order valence-electron chi connectivity index (χ3n) is 3.83. The van der Waals surface area contributed by atoms with Crippen LogP contribution in [0.2, 0.25) is 0 Å². The Morgan fingerprint density at radius 3 is 2.31 bits per heavy atom. The van der Waals surface area contributed by atoms with E-state index < -0.39 is 0 Å². The van der Waals surface area contributed by atoms with Crippen LogP contribution in [0.1, 0.15) is 32.2 Å². The highest BCUT2D eigenvalue weighted by Crippen LogP contribution is 2.14. The van der Waals surface area contributed by atoms with Crippen LogP contribution in [0, 0.1) is 13.8 Å². The molecule has 2 amide bonds. The standard InChI is InChI=1S/C18H18N6O2/c1-11-12(2)24-15-9-13(3-4-14(15)23-11)17(25)21-7-8-22-18(26)16-10-19-5-6-20-16/h3-6,9-10H,7-8H2,1-2H3,(H,21,25)(H,22,26). The van der Waals surface area contributed by atoms with Gasteiger partial charge >= 0.3 is 0 Å². The fraction of sp³-hybridized carbons (Fsp3) is 0.222. The Morgan fingerprint density at radius 1 is 0.923 bits per heavy atom. The van der Waals surface area contributed by atoms with Gasteiger partial charge in [0.2, 0.25) is 0 Å². The van der Waals surface area contributed by atoms with Gasteiger partial charge in [-0.05, 0) is 32.0 Å². The molecule has 2 heterocycles. The Balaban J connectivity index is 1.56. The largest absolute Gasteiger partial charge is 0.350 e. The smallest absolute Gasteiger partial charge is 0.271 e. The Bertz CT molecular complexity index is 959. The van der Waals surface area contributed by atoms with Crippen molar-refractivity contribution in [1.29, 1.82) is 0 Å². The molecule has 132 valence electrons. The molecule has 0 bridgehead atoms. The summed E-state index contributed by atoms with van der Waals surface area (Å²) in [6.07, 6.45) is 4.32. The van der Waals surface area contributed by atoms with Crippen LogP contribution >= 0.6 is 0 Å². The summed E-state index contributed by atoms with van der Waals surface area (Å²) in [5, 5.41) is 5.43. The van der Waals surface area contributed by atoms with Gasteiger partial charge in [0.1, 0.15) is 5.69 Å². The van der Waals surface area contributed by atoms with E-state index in [-0.39, 0.29) is 24.1 Å². The number of fused-ring (bicyclic) bond motifs is 1. The third-order valence-corrected chi connectivity index (χ3v) is 3.83. The number of aryl methyl sites for hydroxylation is 2. The van der Waals surface area contributed by atoms with Crippen molar-refractivity contribution < 1.29 is 9.59 Å². The predicted molar refractivity (Wildman–Crippen MR) is 95.7 cm³/mol. The first-order valence-corrected chi connectivity index (χ1v) is 8.12. The maximum absolute atomic E-state index is 12.3. The van der Waals surface area contributed by atoms with Crippen LogP contribution in [0.5, 0.6) is 0 Å². The molecule has 2 aromatic heterocycles. The summed E-state index contributed by atoms with van der Waals surface area (Å²) in [5.41, 5.74) is 3.86. The molecular formula is C18H18N6O2. The molecule has 0 fully saturated rings. The number of carbonyl (C=O) groups excluding carboxylic acids is 2. The van der Waals surface area contributed by atoms with Crippen molar-refractivity contribution >= 4 is 22.8 Å². The van der Waals surface area contributed by atoms with Gasteiger partial charge in [-0.1, -0.05) is 0 Å². The molecule has 0 aliphatic carbocycles. The molecule has 26 heavy (non-hydrogen) atoms. The van der Waals surface area contributed by atoms with E-state index in [4.69, 9.17) is 0 Å². The third kappa shape index (κ3) is 3.97. The van der Waals surface area contributed by atoms with Crippen molar-refractivity contribution in [1.82, 2.24) is 30.6 Å². The van der Waals surface area contributed by atoms with E-state index in [1.807, 2.05) is 13.8 Å². The van der Waals surface area contributed by atoms with Crippen molar-refractivity contribution in [3.63, 3.8) is 0 Å². The number of nitrogens with one attached hydrogen (secondary N) is 2. The van der Waals surface area contributed by atoms with E-state index in [1.54, 1.807) is 18.2 Å². The number of carbonyl (C=O) groups is 2. The number of hydrogen-bond donors (Lipinski definition) is 2. The quantitative estimate of drug-likeness (QED) is 0.669. The molecule has 3 rings (SSSR count). The van der Waals surface area contributed by atoms with Crippen LogP contribution in [-0.2, 0) is 0 Å². The Morgan fingerprint density at radius 2 is 1.62 bits per heavy atom. The topological polar surface area (TPSA) is 110 Å². The summed E-state index contributed by atoms with van der Waals surface area (Å²) < 4.78 is 0. The molecule has 2 N–H and O–H groups in total. The van der Waals surface area contributed by atoms with Gasteiger partial charge in [-0.25, -0.2) is 15.0 Å². The molecule has 8 heteroatoms. The van der Waals surface area contributed by atoms with Gasteiger partial charge in [0.05, 0.1) is 28.6 Å². The summed E-state index contributed by atoms with van der Waals surface area (Å²) in [7, 11) is 0. The fourth-order valence-corrected chi connectivity index (χ4v) is 2.33. The van der Waals surface area contributed by atoms with Crippen molar-refractivity contribution in [3.05, 3.63) is 59.4 Å². The van der Waals surface area contributed by atoms with E-state index in [1.165, 1.54) is 18.6 Å². The normalized spacial score (nSPS) is 10.5. The highest BCUT2D eigenvalue weighted by Gasteiger charge is 2.09. The van der Waals surface area contributed by atoms with Gasteiger partial charge < -0.3 is 10.6 Å². The monoisotopic (exact) mass is 350 g/mol. The van der Waals surface area contributed by atoms with Crippen molar-refractivity contribution in [2.45, 2.75) is 13.8 Å². The molecule has 0 atom stereocenters. The average molecular weight is 350 g/mol. The SMILES string of the molecule is Cc1nc2ccc(C(=O)NCCNC(=O)c3cnccn3)cc2nc1C. The maximum atomic E-state index is 12.3. The lowest BCUT2D eigenvalue weighted by molar-refractivity contribution is 0.0925. The van der Waals surface area contributed by atoms with Gasteiger partial charge in [-0.15, -0.1) is 0 Å². The minimum atomic E-state index is -0.334. The van der Waals surface area contributed by atoms with Gasteiger partial charge in [-0.3, -0.25) is 14.6 Å². The summed E-state index contributed by atoms with van der Waals surface area (Å²) in [6, 6.07) is 5.20. The number of nitrogens with zero attached hydrogens (tertiary/aromatic N) is 4. The van der Waals surface area contributed by atoms with Crippen LogP contribution in [0.15, 0.2) is 36.8 Å². The van der Waals surface area contributed by atoms with Crippen LogP contribution in [0.4, 0.5) is 0 Å². The zero-order chi connectivity index (χ0) is 18.5. The summed E-state index contributed by atoms with van der Waals surface area (Å²) in [6.45, 7) is 4.36. The molecule has 1 aromatic carbocycles. The second-order valence-corrected chi connectivity index (χ2v) is 5.70.